The summed E-state index contributed by atoms with van der Waals surface area (Å²) in [6.45, 7) is 2.17. The fourth-order valence-corrected chi connectivity index (χ4v) is 3.48. The first-order valence-electron chi connectivity index (χ1n) is 7.74. The lowest BCUT2D eigenvalue weighted by Crippen LogP contribution is -2.17. The number of rotatable bonds is 3. The van der Waals surface area contributed by atoms with E-state index in [0.717, 1.165) is 18.7 Å². The summed E-state index contributed by atoms with van der Waals surface area (Å²) in [4.78, 5) is 6.47. The highest BCUT2D eigenvalue weighted by Crippen LogP contribution is 2.28. The van der Waals surface area contributed by atoms with Gasteiger partial charge in [-0.1, -0.05) is 0 Å². The molecule has 1 N–H and O–H groups in total. The number of benzene rings is 2. The topological polar surface area (TPSA) is 83.6 Å². The second kappa shape index (κ2) is 5.61. The summed E-state index contributed by atoms with van der Waals surface area (Å²) in [6.07, 6.45) is 2.45. The number of aromatic nitrogens is 1. The molecule has 0 aliphatic carbocycles. The molecule has 0 spiro atoms. The van der Waals surface area contributed by atoms with E-state index in [1.54, 1.807) is 0 Å². The van der Waals surface area contributed by atoms with E-state index in [0.29, 0.717) is 17.0 Å². The molecule has 7 heteroatoms. The normalized spacial score (nSPS) is 15.3. The minimum absolute atomic E-state index is 0.195. The molecule has 0 bridgehead atoms. The maximum Gasteiger partial charge on any atom is 0.294 e. The monoisotopic (exact) mass is 344 g/mol. The van der Waals surface area contributed by atoms with E-state index in [1.165, 1.54) is 36.7 Å². The van der Waals surface area contributed by atoms with Crippen molar-refractivity contribution in [2.45, 2.75) is 17.7 Å². The Morgan fingerprint density at radius 2 is 1.75 bits per heavy atom. The largest absolute Gasteiger partial charge is 0.436 e. The van der Waals surface area contributed by atoms with Crippen LogP contribution in [0.1, 0.15) is 12.8 Å². The highest BCUT2D eigenvalue weighted by molar-refractivity contribution is 7.85. The molecule has 0 atom stereocenters. The van der Waals surface area contributed by atoms with Crippen LogP contribution in [0.2, 0.25) is 0 Å². The Labute approximate surface area is 139 Å². The van der Waals surface area contributed by atoms with Gasteiger partial charge in [-0.2, -0.15) is 8.42 Å². The van der Waals surface area contributed by atoms with E-state index in [4.69, 9.17) is 8.97 Å². The van der Waals surface area contributed by atoms with Gasteiger partial charge in [-0.15, -0.1) is 0 Å². The zero-order valence-electron chi connectivity index (χ0n) is 12.8. The molecule has 1 aliphatic heterocycles. The molecule has 1 aliphatic rings. The third-order valence-corrected chi connectivity index (χ3v) is 5.09. The van der Waals surface area contributed by atoms with Crippen LogP contribution in [0.4, 0.5) is 5.69 Å². The van der Waals surface area contributed by atoms with E-state index < -0.39 is 10.1 Å². The molecule has 0 radical (unpaired) electrons. The van der Waals surface area contributed by atoms with Gasteiger partial charge in [-0.25, -0.2) is 4.98 Å². The van der Waals surface area contributed by atoms with E-state index in [-0.39, 0.29) is 4.90 Å². The molecule has 1 fully saturated rings. The average molecular weight is 344 g/mol. The molecular weight excluding hydrogens is 328 g/mol. The fourth-order valence-electron chi connectivity index (χ4n) is 2.98. The average Bonchev–Trinajstić information content (AvgIpc) is 3.23. The smallest absolute Gasteiger partial charge is 0.294 e. The van der Waals surface area contributed by atoms with Crippen molar-refractivity contribution in [3.8, 4) is 11.5 Å². The quantitative estimate of drug-likeness (QED) is 0.734. The van der Waals surface area contributed by atoms with Crippen LogP contribution in [0.5, 0.6) is 0 Å². The second-order valence-corrected chi connectivity index (χ2v) is 7.29. The molecule has 2 aromatic carbocycles. The van der Waals surface area contributed by atoms with Crippen LogP contribution < -0.4 is 4.90 Å². The van der Waals surface area contributed by atoms with E-state index in [2.05, 4.69) is 9.88 Å². The van der Waals surface area contributed by atoms with Gasteiger partial charge in [0, 0.05) is 24.3 Å². The van der Waals surface area contributed by atoms with Crippen molar-refractivity contribution >= 4 is 26.9 Å². The third-order valence-electron chi connectivity index (χ3n) is 4.24. The Bertz CT molecular complexity index is 987. The van der Waals surface area contributed by atoms with Crippen molar-refractivity contribution in [2.24, 2.45) is 0 Å². The minimum Gasteiger partial charge on any atom is -0.436 e. The van der Waals surface area contributed by atoms with Gasteiger partial charge < -0.3 is 9.32 Å². The summed E-state index contributed by atoms with van der Waals surface area (Å²) in [5.74, 6) is 0.422. The number of fused-ring (bicyclic) bond motifs is 1. The maximum absolute atomic E-state index is 11.2. The van der Waals surface area contributed by atoms with Crippen LogP contribution in [0, 0.1) is 0 Å². The third kappa shape index (κ3) is 2.76. The van der Waals surface area contributed by atoms with Crippen molar-refractivity contribution in [2.75, 3.05) is 18.0 Å². The van der Waals surface area contributed by atoms with E-state index in [9.17, 15) is 8.42 Å². The van der Waals surface area contributed by atoms with Crippen LogP contribution in [-0.2, 0) is 10.1 Å². The maximum atomic E-state index is 11.2. The van der Waals surface area contributed by atoms with Crippen LogP contribution in [0.15, 0.2) is 51.8 Å². The van der Waals surface area contributed by atoms with Crippen LogP contribution in [0.3, 0.4) is 0 Å². The van der Waals surface area contributed by atoms with E-state index in [1.807, 2.05) is 24.3 Å². The Morgan fingerprint density at radius 3 is 2.42 bits per heavy atom. The van der Waals surface area contributed by atoms with Gasteiger partial charge in [0.05, 0.1) is 4.90 Å². The summed E-state index contributed by atoms with van der Waals surface area (Å²) >= 11 is 0. The molecule has 24 heavy (non-hydrogen) atoms. The van der Waals surface area contributed by atoms with Gasteiger partial charge in [0.15, 0.2) is 5.58 Å². The predicted octanol–water partition coefficient (Wildman–Crippen LogP) is 3.34. The van der Waals surface area contributed by atoms with Crippen LogP contribution >= 0.6 is 0 Å². The molecule has 6 nitrogen and oxygen atoms in total. The van der Waals surface area contributed by atoms with Crippen molar-refractivity contribution in [3.05, 3.63) is 42.5 Å². The molecule has 1 saturated heterocycles. The number of anilines is 1. The van der Waals surface area contributed by atoms with Crippen molar-refractivity contribution in [3.63, 3.8) is 0 Å². The molecule has 0 amide bonds. The number of hydrogen-bond acceptors (Lipinski definition) is 5. The zero-order chi connectivity index (χ0) is 16.7. The molecule has 3 aromatic rings. The first kappa shape index (κ1) is 15.2. The summed E-state index contributed by atoms with van der Waals surface area (Å²) in [6, 6.07) is 12.1. The zero-order valence-corrected chi connectivity index (χ0v) is 13.7. The van der Waals surface area contributed by atoms with Crippen LogP contribution in [-0.4, -0.2) is 31.0 Å². The lowest BCUT2D eigenvalue weighted by atomic mass is 10.2. The fraction of sp³-hybridized carbons (Fsp3) is 0.235. The van der Waals surface area contributed by atoms with Crippen molar-refractivity contribution < 1.29 is 17.4 Å². The standard InChI is InChI=1S/C17H16N2O4S/c20-24(21,22)14-7-8-16-15(11-14)18-17(23-16)12-3-5-13(6-4-12)19-9-1-2-10-19/h3-8,11H,1-2,9-10H2,(H,20,21,22). The van der Waals surface area contributed by atoms with Crippen LogP contribution in [0.25, 0.3) is 22.6 Å². The van der Waals surface area contributed by atoms with Crippen molar-refractivity contribution in [1.29, 1.82) is 0 Å². The molecule has 0 unspecified atom stereocenters. The van der Waals surface area contributed by atoms with Gasteiger partial charge in [-0.3, -0.25) is 4.55 Å². The van der Waals surface area contributed by atoms with E-state index >= 15 is 0 Å². The number of oxazole rings is 1. The molecular formula is C17H16N2O4S. The Hall–Kier alpha value is -2.38. The molecule has 2 heterocycles. The Kier molecular flexibility index (Phi) is 3.54. The molecule has 124 valence electrons. The Balaban J connectivity index is 1.68. The van der Waals surface area contributed by atoms with Gasteiger partial charge in [0.1, 0.15) is 5.52 Å². The van der Waals surface area contributed by atoms with Gasteiger partial charge >= 0.3 is 0 Å². The summed E-state index contributed by atoms with van der Waals surface area (Å²) in [5.41, 5.74) is 2.87. The second-order valence-electron chi connectivity index (χ2n) is 5.86. The Morgan fingerprint density at radius 1 is 1.04 bits per heavy atom. The predicted molar refractivity (Wildman–Crippen MR) is 90.7 cm³/mol. The molecule has 1 aromatic heterocycles. The molecule has 0 saturated carbocycles. The highest BCUT2D eigenvalue weighted by Gasteiger charge is 2.15. The lowest BCUT2D eigenvalue weighted by molar-refractivity contribution is 0.483. The lowest BCUT2D eigenvalue weighted by Gasteiger charge is -2.17. The number of hydrogen-bond donors (Lipinski definition) is 1. The summed E-state index contributed by atoms with van der Waals surface area (Å²) in [7, 11) is -4.25. The SMILES string of the molecule is O=S(=O)(O)c1ccc2oc(-c3ccc(N4CCCC4)cc3)nc2c1. The first-order valence-corrected chi connectivity index (χ1v) is 9.18. The van der Waals surface area contributed by atoms with Gasteiger partial charge in [0.25, 0.3) is 10.1 Å². The number of nitrogens with zero attached hydrogens (tertiary/aromatic N) is 2. The highest BCUT2D eigenvalue weighted by atomic mass is 32.2. The van der Waals surface area contributed by atoms with Crippen molar-refractivity contribution in [1.82, 2.24) is 4.98 Å². The summed E-state index contributed by atoms with van der Waals surface area (Å²) in [5, 5.41) is 0. The van der Waals surface area contributed by atoms with Gasteiger partial charge in [0.2, 0.25) is 5.89 Å². The summed E-state index contributed by atoms with van der Waals surface area (Å²) < 4.78 is 37.2. The first-order chi connectivity index (χ1) is 11.5. The minimum atomic E-state index is -4.25. The molecule has 4 rings (SSSR count). The van der Waals surface area contributed by atoms with Gasteiger partial charge in [-0.05, 0) is 55.3 Å².